The molecule has 0 fully saturated rings. The number of pyridine rings is 1. The topological polar surface area (TPSA) is 103 Å². The van der Waals surface area contributed by atoms with Crippen molar-refractivity contribution in [1.82, 2.24) is 34.6 Å². The number of carbonyl (C=O) groups excluding carboxylic acids is 1. The van der Waals surface area contributed by atoms with E-state index in [1.807, 2.05) is 39.0 Å². The van der Waals surface area contributed by atoms with Crippen molar-refractivity contribution < 1.29 is 4.79 Å². The molecule has 1 amide bonds. The molecule has 0 aromatic carbocycles. The lowest BCUT2D eigenvalue weighted by molar-refractivity contribution is -0.116. The summed E-state index contributed by atoms with van der Waals surface area (Å²) in [5.41, 5.74) is 4.27. The summed E-state index contributed by atoms with van der Waals surface area (Å²) in [6.07, 6.45) is 4.25. The fraction of sp³-hybridized carbons (Fsp3) is 0.263. The third-order valence-electron chi connectivity index (χ3n) is 4.61. The number of aromatic nitrogens is 7. The minimum Gasteiger partial charge on any atom is -0.325 e. The molecule has 0 aliphatic rings. The molecule has 1 N–H and O–H groups in total. The summed E-state index contributed by atoms with van der Waals surface area (Å²) in [6.45, 7) is 5.78. The number of hydrogen-bond donors (Lipinski definition) is 1. The first-order valence-corrected chi connectivity index (χ1v) is 8.97. The van der Waals surface area contributed by atoms with Crippen LogP contribution in [0.5, 0.6) is 0 Å². The Bertz CT molecular complexity index is 1150. The molecule has 4 aromatic heterocycles. The number of anilines is 1. The first-order chi connectivity index (χ1) is 13.5. The molecule has 4 rings (SSSR count). The van der Waals surface area contributed by atoms with Crippen LogP contribution in [0.25, 0.3) is 11.5 Å². The average Bonchev–Trinajstić information content (AvgIpc) is 3.20. The van der Waals surface area contributed by atoms with E-state index < -0.39 is 0 Å². The Morgan fingerprint density at radius 2 is 1.96 bits per heavy atom. The normalized spacial score (nSPS) is 11.1. The highest BCUT2D eigenvalue weighted by atomic mass is 16.1. The second kappa shape index (κ2) is 7.18. The fourth-order valence-electron chi connectivity index (χ4n) is 3.16. The molecule has 0 bridgehead atoms. The molecular formula is C19H20N8O. The van der Waals surface area contributed by atoms with Gasteiger partial charge in [0.1, 0.15) is 0 Å². The van der Waals surface area contributed by atoms with Crippen LogP contribution in [0.2, 0.25) is 0 Å². The van der Waals surface area contributed by atoms with Crippen LogP contribution in [-0.4, -0.2) is 40.5 Å². The van der Waals surface area contributed by atoms with E-state index in [0.29, 0.717) is 35.8 Å². The van der Waals surface area contributed by atoms with Crippen LogP contribution in [0.3, 0.4) is 0 Å². The van der Waals surface area contributed by atoms with Crippen molar-refractivity contribution in [2.75, 3.05) is 5.32 Å². The Morgan fingerprint density at radius 3 is 2.75 bits per heavy atom. The number of nitrogens with one attached hydrogen (secondary N) is 1. The van der Waals surface area contributed by atoms with Crippen LogP contribution in [0.1, 0.15) is 29.2 Å². The zero-order valence-electron chi connectivity index (χ0n) is 15.9. The van der Waals surface area contributed by atoms with Crippen molar-refractivity contribution in [3.63, 3.8) is 0 Å². The molecule has 28 heavy (non-hydrogen) atoms. The van der Waals surface area contributed by atoms with Crippen LogP contribution >= 0.6 is 0 Å². The number of amides is 1. The van der Waals surface area contributed by atoms with Crippen LogP contribution in [0.4, 0.5) is 5.69 Å². The maximum Gasteiger partial charge on any atom is 0.224 e. The van der Waals surface area contributed by atoms with Gasteiger partial charge < -0.3 is 5.32 Å². The van der Waals surface area contributed by atoms with Crippen molar-refractivity contribution in [2.24, 2.45) is 0 Å². The molecule has 0 saturated heterocycles. The molecule has 0 radical (unpaired) electrons. The second-order valence-corrected chi connectivity index (χ2v) is 6.56. The van der Waals surface area contributed by atoms with E-state index in [9.17, 15) is 4.79 Å². The first-order valence-electron chi connectivity index (χ1n) is 8.97. The number of fused-ring (bicyclic) bond motifs is 1. The van der Waals surface area contributed by atoms with Gasteiger partial charge in [-0.15, -0.1) is 15.3 Å². The Balaban J connectivity index is 1.53. The van der Waals surface area contributed by atoms with Gasteiger partial charge in [0, 0.05) is 18.3 Å². The van der Waals surface area contributed by atoms with Gasteiger partial charge in [-0.05, 0) is 57.0 Å². The summed E-state index contributed by atoms with van der Waals surface area (Å²) < 4.78 is 3.48. The second-order valence-electron chi connectivity index (χ2n) is 6.56. The molecule has 4 heterocycles. The van der Waals surface area contributed by atoms with E-state index in [-0.39, 0.29) is 5.91 Å². The van der Waals surface area contributed by atoms with Gasteiger partial charge in [0.2, 0.25) is 5.91 Å². The molecule has 0 unspecified atom stereocenters. The van der Waals surface area contributed by atoms with E-state index >= 15 is 0 Å². The molecular weight excluding hydrogens is 356 g/mol. The van der Waals surface area contributed by atoms with Gasteiger partial charge in [0.25, 0.3) is 0 Å². The molecule has 0 atom stereocenters. The third kappa shape index (κ3) is 3.34. The van der Waals surface area contributed by atoms with E-state index in [1.165, 1.54) is 0 Å². The van der Waals surface area contributed by atoms with Gasteiger partial charge in [-0.3, -0.25) is 9.78 Å². The molecule has 0 saturated carbocycles. The smallest absolute Gasteiger partial charge is 0.224 e. The number of rotatable bonds is 5. The summed E-state index contributed by atoms with van der Waals surface area (Å²) in [4.78, 5) is 16.2. The van der Waals surface area contributed by atoms with Crippen LogP contribution in [-0.2, 0) is 11.2 Å². The highest BCUT2D eigenvalue weighted by Crippen LogP contribution is 2.19. The number of hydrogen-bond acceptors (Lipinski definition) is 6. The standard InChI is InChI=1S/C19H20N8O/c1-12-16(6-9-19(28)21-15-5-4-10-20-11-15)13(2)26(24-12)18-8-7-17-23-22-14(3)27(17)25-18/h4-5,7-8,10-11H,6,9H2,1-3H3,(H,21,28). The van der Waals surface area contributed by atoms with Crippen molar-refractivity contribution >= 4 is 17.2 Å². The zero-order chi connectivity index (χ0) is 19.7. The predicted octanol–water partition coefficient (Wildman–Crippen LogP) is 2.20. The highest BCUT2D eigenvalue weighted by molar-refractivity contribution is 5.90. The van der Waals surface area contributed by atoms with E-state index in [1.54, 1.807) is 27.7 Å². The van der Waals surface area contributed by atoms with Gasteiger partial charge in [-0.25, -0.2) is 4.68 Å². The fourth-order valence-corrected chi connectivity index (χ4v) is 3.16. The van der Waals surface area contributed by atoms with Crippen molar-refractivity contribution in [1.29, 1.82) is 0 Å². The Morgan fingerprint density at radius 1 is 1.11 bits per heavy atom. The molecule has 0 aliphatic heterocycles. The summed E-state index contributed by atoms with van der Waals surface area (Å²) in [5.74, 6) is 1.34. The van der Waals surface area contributed by atoms with Gasteiger partial charge >= 0.3 is 0 Å². The summed E-state index contributed by atoms with van der Waals surface area (Å²) in [6, 6.07) is 7.32. The first kappa shape index (κ1) is 17.8. The lowest BCUT2D eigenvalue weighted by Crippen LogP contribution is -2.13. The number of nitrogens with zero attached hydrogens (tertiary/aromatic N) is 7. The van der Waals surface area contributed by atoms with Gasteiger partial charge in [0.05, 0.1) is 17.6 Å². The maximum atomic E-state index is 12.2. The zero-order valence-corrected chi connectivity index (χ0v) is 15.9. The third-order valence-corrected chi connectivity index (χ3v) is 4.61. The van der Waals surface area contributed by atoms with E-state index in [4.69, 9.17) is 0 Å². The Labute approximate surface area is 161 Å². The number of aryl methyl sites for hydroxylation is 2. The van der Waals surface area contributed by atoms with Crippen molar-refractivity contribution in [2.45, 2.75) is 33.6 Å². The molecule has 9 heteroatoms. The quantitative estimate of drug-likeness (QED) is 0.573. The van der Waals surface area contributed by atoms with Crippen LogP contribution in [0.15, 0.2) is 36.7 Å². The molecule has 9 nitrogen and oxygen atoms in total. The van der Waals surface area contributed by atoms with Gasteiger partial charge in [-0.1, -0.05) is 0 Å². The van der Waals surface area contributed by atoms with E-state index in [2.05, 4.69) is 30.7 Å². The summed E-state index contributed by atoms with van der Waals surface area (Å²) in [7, 11) is 0. The largest absolute Gasteiger partial charge is 0.325 e. The minimum atomic E-state index is -0.0563. The van der Waals surface area contributed by atoms with Gasteiger partial charge in [-0.2, -0.15) is 9.61 Å². The Kier molecular flexibility index (Phi) is 4.56. The molecule has 0 spiro atoms. The number of carbonyl (C=O) groups is 1. The predicted molar refractivity (Wildman–Crippen MR) is 103 cm³/mol. The van der Waals surface area contributed by atoms with Crippen molar-refractivity contribution in [3.8, 4) is 5.82 Å². The van der Waals surface area contributed by atoms with Gasteiger partial charge in [0.15, 0.2) is 17.3 Å². The summed E-state index contributed by atoms with van der Waals surface area (Å²) >= 11 is 0. The molecule has 142 valence electrons. The molecule has 4 aromatic rings. The lowest BCUT2D eigenvalue weighted by atomic mass is 10.1. The minimum absolute atomic E-state index is 0.0563. The van der Waals surface area contributed by atoms with Crippen LogP contribution < -0.4 is 5.32 Å². The van der Waals surface area contributed by atoms with E-state index in [0.717, 1.165) is 17.0 Å². The molecule has 0 aliphatic carbocycles. The SMILES string of the molecule is Cc1nn(-c2ccc3nnc(C)n3n2)c(C)c1CCC(=O)Nc1cccnc1. The van der Waals surface area contributed by atoms with Crippen molar-refractivity contribution in [3.05, 3.63) is 59.4 Å². The summed E-state index contributed by atoms with van der Waals surface area (Å²) in [5, 5.41) is 20.1. The maximum absolute atomic E-state index is 12.2. The lowest BCUT2D eigenvalue weighted by Gasteiger charge is -2.06. The van der Waals surface area contributed by atoms with Crippen LogP contribution in [0, 0.1) is 20.8 Å². The highest BCUT2D eigenvalue weighted by Gasteiger charge is 2.16. The average molecular weight is 376 g/mol. The Hall–Kier alpha value is -3.62. The monoisotopic (exact) mass is 376 g/mol.